The van der Waals surface area contributed by atoms with Crippen molar-refractivity contribution in [1.29, 1.82) is 0 Å². The molecule has 2 unspecified atom stereocenters. The maximum Gasteiger partial charge on any atom is 0.432 e. The number of ether oxygens (including phenoxy) is 3. The number of alkyl halides is 5. The van der Waals surface area contributed by atoms with E-state index in [0.717, 1.165) is 6.07 Å². The number of carbonyl (C=O) groups excluding carboxylic acids is 1. The summed E-state index contributed by atoms with van der Waals surface area (Å²) in [6.45, 7) is 0.683. The van der Waals surface area contributed by atoms with Crippen molar-refractivity contribution < 1.29 is 53.9 Å². The fourth-order valence-corrected chi connectivity index (χ4v) is 2.94. The molecule has 0 saturated carbocycles. The zero-order valence-corrected chi connectivity index (χ0v) is 15.5. The van der Waals surface area contributed by atoms with E-state index in [1.54, 1.807) is 0 Å². The van der Waals surface area contributed by atoms with Gasteiger partial charge in [-0.15, -0.1) is 0 Å². The molecule has 1 aliphatic heterocycles. The fraction of sp³-hybridized carbons (Fsp3) is 0.353. The molecule has 0 aliphatic carbocycles. The van der Waals surface area contributed by atoms with Gasteiger partial charge in [-0.1, -0.05) is 18.2 Å². The third kappa shape index (κ3) is 4.63. The monoisotopic (exact) mass is 455 g/mol. The summed E-state index contributed by atoms with van der Waals surface area (Å²) in [5.41, 5.74) is -0.561. The zero-order valence-electron chi connectivity index (χ0n) is 14.7. The molecule has 2 aromatic carbocycles. The van der Waals surface area contributed by atoms with Gasteiger partial charge < -0.3 is 18.8 Å². The van der Waals surface area contributed by atoms with Crippen LogP contribution in [-0.4, -0.2) is 55.8 Å². The highest BCUT2D eigenvalue weighted by molar-refractivity contribution is 7.86. The summed E-state index contributed by atoms with van der Waals surface area (Å²) in [5.74, 6) is -1.67. The summed E-state index contributed by atoms with van der Waals surface area (Å²) in [5, 5.41) is -5.58. The lowest BCUT2D eigenvalue weighted by molar-refractivity contribution is -0.248. The van der Waals surface area contributed by atoms with Crippen LogP contribution in [0.1, 0.15) is 10.4 Å². The largest absolute Gasteiger partial charge is 0.743 e. The van der Waals surface area contributed by atoms with Crippen molar-refractivity contribution in [3.8, 4) is 5.75 Å². The molecule has 0 bridgehead atoms. The number of hydrogen-bond donors (Lipinski definition) is 0. The Labute approximate surface area is 166 Å². The van der Waals surface area contributed by atoms with Crippen LogP contribution in [-0.2, 0) is 19.6 Å². The van der Waals surface area contributed by atoms with Gasteiger partial charge in [-0.25, -0.2) is 13.2 Å². The smallest absolute Gasteiger partial charge is 0.432 e. The summed E-state index contributed by atoms with van der Waals surface area (Å²) in [6.07, 6.45) is -10.6. The van der Waals surface area contributed by atoms with Gasteiger partial charge in [-0.05, 0) is 29.0 Å². The Morgan fingerprint density at radius 3 is 2.43 bits per heavy atom. The molecular weight excluding hydrogens is 443 g/mol. The van der Waals surface area contributed by atoms with Crippen molar-refractivity contribution in [3.05, 3.63) is 42.0 Å². The van der Waals surface area contributed by atoms with Crippen molar-refractivity contribution >= 4 is 26.9 Å². The van der Waals surface area contributed by atoms with Crippen LogP contribution in [0, 0.1) is 0 Å². The number of esters is 1. The van der Waals surface area contributed by atoms with Gasteiger partial charge >= 0.3 is 17.4 Å². The van der Waals surface area contributed by atoms with Crippen molar-refractivity contribution in [2.24, 2.45) is 0 Å². The topological polar surface area (TPSA) is 105 Å². The first-order valence-electron chi connectivity index (χ1n) is 8.19. The first-order chi connectivity index (χ1) is 13.8. The molecule has 1 heterocycles. The lowest BCUT2D eigenvalue weighted by atomic mass is 10.0. The zero-order chi connectivity index (χ0) is 22.3. The van der Waals surface area contributed by atoms with Crippen molar-refractivity contribution in [3.63, 3.8) is 0 Å². The normalized spacial score (nSPS) is 18.1. The molecule has 1 saturated heterocycles. The molecule has 1 fully saturated rings. The predicted octanol–water partition coefficient (Wildman–Crippen LogP) is 2.84. The molecule has 0 N–H and O–H groups in total. The Bertz CT molecular complexity index is 1060. The minimum Gasteiger partial charge on any atom is -0.743 e. The van der Waals surface area contributed by atoms with Crippen LogP contribution in [0.5, 0.6) is 5.75 Å². The van der Waals surface area contributed by atoms with Gasteiger partial charge in [0, 0.05) is 0 Å². The van der Waals surface area contributed by atoms with Gasteiger partial charge in [-0.3, -0.25) is 0 Å². The standard InChI is InChI=1S/C17H13F5O7S/c18-16(19,20)15(17(21,22)30(24,25)26)29-14(23)12-3-1-2-9-4-5-10(6-13(9)12)27-7-11-8-28-11/h1-6,11,15H,7-8H2,(H,24,25,26)/p-1. The number of halogens is 5. The lowest BCUT2D eigenvalue weighted by Crippen LogP contribution is -2.52. The second kappa shape index (κ2) is 7.63. The highest BCUT2D eigenvalue weighted by Crippen LogP contribution is 2.38. The number of hydrogen-bond acceptors (Lipinski definition) is 7. The summed E-state index contributed by atoms with van der Waals surface area (Å²) in [4.78, 5) is 12.3. The molecule has 30 heavy (non-hydrogen) atoms. The van der Waals surface area contributed by atoms with E-state index in [1.165, 1.54) is 30.3 Å². The second-order valence-corrected chi connectivity index (χ2v) is 7.75. The molecule has 0 radical (unpaired) electrons. The SMILES string of the molecule is O=C(OC(C(F)(F)F)C(F)(F)S(=O)(=O)[O-])c1cccc2ccc(OCC3CO3)cc12. The molecule has 3 rings (SSSR count). The van der Waals surface area contributed by atoms with Gasteiger partial charge in [0.1, 0.15) is 18.5 Å². The Kier molecular flexibility index (Phi) is 5.64. The number of carbonyl (C=O) groups is 1. The highest BCUT2D eigenvalue weighted by atomic mass is 32.2. The molecule has 0 aromatic heterocycles. The van der Waals surface area contributed by atoms with Crippen LogP contribution in [0.2, 0.25) is 0 Å². The van der Waals surface area contributed by atoms with Gasteiger partial charge in [-0.2, -0.15) is 22.0 Å². The highest BCUT2D eigenvalue weighted by Gasteiger charge is 2.63. The second-order valence-electron chi connectivity index (χ2n) is 6.30. The minimum atomic E-state index is -6.78. The molecule has 164 valence electrons. The van der Waals surface area contributed by atoms with E-state index in [0.29, 0.717) is 12.0 Å². The van der Waals surface area contributed by atoms with Gasteiger partial charge in [0.15, 0.2) is 10.1 Å². The lowest BCUT2D eigenvalue weighted by Gasteiger charge is -2.29. The van der Waals surface area contributed by atoms with Crippen LogP contribution in [0.3, 0.4) is 0 Å². The molecular formula is C17H12F5O7S-. The van der Waals surface area contributed by atoms with E-state index in [9.17, 15) is 39.7 Å². The Morgan fingerprint density at radius 1 is 1.20 bits per heavy atom. The molecule has 0 amide bonds. The van der Waals surface area contributed by atoms with E-state index >= 15 is 0 Å². The molecule has 7 nitrogen and oxygen atoms in total. The van der Waals surface area contributed by atoms with Crippen LogP contribution < -0.4 is 4.74 Å². The average Bonchev–Trinajstić information content (AvgIpc) is 3.46. The predicted molar refractivity (Wildman–Crippen MR) is 89.1 cm³/mol. The number of fused-ring (bicyclic) bond motifs is 1. The summed E-state index contributed by atoms with van der Waals surface area (Å²) in [7, 11) is -6.78. The van der Waals surface area contributed by atoms with Crippen LogP contribution in [0.15, 0.2) is 36.4 Å². The van der Waals surface area contributed by atoms with E-state index in [-0.39, 0.29) is 23.8 Å². The summed E-state index contributed by atoms with van der Waals surface area (Å²) >= 11 is 0. The van der Waals surface area contributed by atoms with Gasteiger partial charge in [0.25, 0.3) is 6.10 Å². The minimum absolute atomic E-state index is 0.00550. The van der Waals surface area contributed by atoms with E-state index in [1.807, 2.05) is 0 Å². The number of rotatable bonds is 7. The van der Waals surface area contributed by atoms with Gasteiger partial charge in [0.05, 0.1) is 12.2 Å². The van der Waals surface area contributed by atoms with Crippen molar-refractivity contribution in [1.82, 2.24) is 0 Å². The Morgan fingerprint density at radius 2 is 1.87 bits per heavy atom. The Balaban J connectivity index is 1.95. The molecule has 1 aliphatic rings. The van der Waals surface area contributed by atoms with Crippen molar-refractivity contribution in [2.75, 3.05) is 13.2 Å². The van der Waals surface area contributed by atoms with E-state index < -0.39 is 39.2 Å². The van der Waals surface area contributed by atoms with Crippen molar-refractivity contribution in [2.45, 2.75) is 23.6 Å². The maximum atomic E-state index is 13.6. The quantitative estimate of drug-likeness (QED) is 0.274. The first-order valence-corrected chi connectivity index (χ1v) is 9.59. The number of benzene rings is 2. The molecule has 2 aromatic rings. The van der Waals surface area contributed by atoms with E-state index in [4.69, 9.17) is 9.47 Å². The van der Waals surface area contributed by atoms with Crippen LogP contribution >= 0.6 is 0 Å². The van der Waals surface area contributed by atoms with E-state index in [2.05, 4.69) is 4.74 Å². The average molecular weight is 455 g/mol. The number of epoxide rings is 1. The maximum absolute atomic E-state index is 13.6. The van der Waals surface area contributed by atoms with Crippen LogP contribution in [0.4, 0.5) is 22.0 Å². The van der Waals surface area contributed by atoms with Gasteiger partial charge in [0.2, 0.25) is 0 Å². The fourth-order valence-electron chi connectivity index (χ4n) is 2.50. The molecule has 0 spiro atoms. The Hall–Kier alpha value is -2.51. The third-order valence-corrected chi connectivity index (χ3v) is 4.95. The molecule has 13 heteroatoms. The third-order valence-electron chi connectivity index (χ3n) is 4.07. The summed E-state index contributed by atoms with van der Waals surface area (Å²) in [6, 6.07) is 7.99. The summed E-state index contributed by atoms with van der Waals surface area (Å²) < 4.78 is 112. The first kappa shape index (κ1) is 22.2. The molecule has 2 atom stereocenters. The van der Waals surface area contributed by atoms with Crippen LogP contribution in [0.25, 0.3) is 10.8 Å².